The largest absolute Gasteiger partial charge is 0.303 e. The standard InChI is InChI=1S/C15H23NS/c1-2-8-16-9-4-7-15(11-16)14-6-3-5-13(10-14)12-17/h3,5-6,10,15,17H,2,4,7-9,11-12H2,1H3. The molecule has 0 bridgehead atoms. The van der Waals surface area contributed by atoms with Gasteiger partial charge in [-0.2, -0.15) is 12.6 Å². The highest BCUT2D eigenvalue weighted by Crippen LogP contribution is 2.27. The molecule has 1 unspecified atom stereocenters. The van der Waals surface area contributed by atoms with Gasteiger partial charge in [0, 0.05) is 12.3 Å². The van der Waals surface area contributed by atoms with E-state index in [9.17, 15) is 0 Å². The van der Waals surface area contributed by atoms with E-state index in [1.54, 1.807) is 0 Å². The van der Waals surface area contributed by atoms with E-state index in [4.69, 9.17) is 0 Å². The number of likely N-dealkylation sites (tertiary alicyclic amines) is 1. The van der Waals surface area contributed by atoms with E-state index in [0.717, 1.165) is 11.7 Å². The Hall–Kier alpha value is -0.470. The number of rotatable bonds is 4. The molecule has 17 heavy (non-hydrogen) atoms. The van der Waals surface area contributed by atoms with Gasteiger partial charge in [0.1, 0.15) is 0 Å². The van der Waals surface area contributed by atoms with Crippen molar-refractivity contribution in [1.82, 2.24) is 4.90 Å². The van der Waals surface area contributed by atoms with E-state index < -0.39 is 0 Å². The molecule has 1 aromatic rings. The first-order valence-electron chi connectivity index (χ1n) is 6.75. The summed E-state index contributed by atoms with van der Waals surface area (Å²) in [6, 6.07) is 8.98. The first-order chi connectivity index (χ1) is 8.33. The highest BCUT2D eigenvalue weighted by atomic mass is 32.1. The van der Waals surface area contributed by atoms with Crippen LogP contribution in [0.15, 0.2) is 24.3 Å². The fraction of sp³-hybridized carbons (Fsp3) is 0.600. The van der Waals surface area contributed by atoms with Crippen molar-refractivity contribution in [2.24, 2.45) is 0 Å². The molecule has 1 fully saturated rings. The molecule has 0 aromatic heterocycles. The van der Waals surface area contributed by atoms with Crippen LogP contribution in [0, 0.1) is 0 Å². The SMILES string of the molecule is CCCN1CCCC(c2cccc(CS)c2)C1. The molecule has 0 N–H and O–H groups in total. The first kappa shape index (κ1) is 13.0. The van der Waals surface area contributed by atoms with E-state index in [1.807, 2.05) is 0 Å². The molecule has 0 radical (unpaired) electrons. The summed E-state index contributed by atoms with van der Waals surface area (Å²) in [7, 11) is 0. The molecular formula is C15H23NS. The van der Waals surface area contributed by atoms with Crippen LogP contribution in [0.5, 0.6) is 0 Å². The van der Waals surface area contributed by atoms with Gasteiger partial charge in [-0.1, -0.05) is 31.2 Å². The highest BCUT2D eigenvalue weighted by molar-refractivity contribution is 7.79. The van der Waals surface area contributed by atoms with Crippen molar-refractivity contribution in [3.8, 4) is 0 Å². The fourth-order valence-electron chi connectivity index (χ4n) is 2.79. The molecule has 2 rings (SSSR count). The lowest BCUT2D eigenvalue weighted by atomic mass is 9.90. The van der Waals surface area contributed by atoms with Gasteiger partial charge in [-0.25, -0.2) is 0 Å². The summed E-state index contributed by atoms with van der Waals surface area (Å²) in [5, 5.41) is 0. The van der Waals surface area contributed by atoms with Crippen molar-refractivity contribution in [2.45, 2.75) is 37.9 Å². The molecule has 0 spiro atoms. The molecule has 2 heteroatoms. The minimum Gasteiger partial charge on any atom is -0.303 e. The van der Waals surface area contributed by atoms with Gasteiger partial charge in [0.15, 0.2) is 0 Å². The third-order valence-corrected chi connectivity index (χ3v) is 4.02. The van der Waals surface area contributed by atoms with Crippen molar-refractivity contribution < 1.29 is 0 Å². The normalized spacial score (nSPS) is 21.6. The fourth-order valence-corrected chi connectivity index (χ4v) is 2.99. The van der Waals surface area contributed by atoms with Crippen molar-refractivity contribution in [3.63, 3.8) is 0 Å². The number of nitrogens with zero attached hydrogens (tertiary/aromatic N) is 1. The topological polar surface area (TPSA) is 3.24 Å². The maximum Gasteiger partial charge on any atom is 0.0154 e. The molecule has 1 aliphatic rings. The van der Waals surface area contributed by atoms with Crippen LogP contribution in [0.25, 0.3) is 0 Å². The highest BCUT2D eigenvalue weighted by Gasteiger charge is 2.20. The third-order valence-electron chi connectivity index (χ3n) is 3.65. The summed E-state index contributed by atoms with van der Waals surface area (Å²) < 4.78 is 0. The van der Waals surface area contributed by atoms with Gasteiger partial charge in [0.25, 0.3) is 0 Å². The van der Waals surface area contributed by atoms with Crippen LogP contribution in [0.4, 0.5) is 0 Å². The Morgan fingerprint density at radius 1 is 1.41 bits per heavy atom. The van der Waals surface area contributed by atoms with Gasteiger partial charge in [0.05, 0.1) is 0 Å². The van der Waals surface area contributed by atoms with Crippen molar-refractivity contribution in [2.75, 3.05) is 19.6 Å². The van der Waals surface area contributed by atoms with Crippen LogP contribution in [0.2, 0.25) is 0 Å². The average Bonchev–Trinajstić information content (AvgIpc) is 2.40. The predicted octanol–water partition coefficient (Wildman–Crippen LogP) is 3.71. The van der Waals surface area contributed by atoms with Gasteiger partial charge in [-0.05, 0) is 49.4 Å². The summed E-state index contributed by atoms with van der Waals surface area (Å²) in [6.45, 7) is 6.05. The first-order valence-corrected chi connectivity index (χ1v) is 7.38. The Balaban J connectivity index is 2.05. The molecule has 1 atom stereocenters. The summed E-state index contributed by atoms with van der Waals surface area (Å²) in [5.41, 5.74) is 2.86. The smallest absolute Gasteiger partial charge is 0.0154 e. The van der Waals surface area contributed by atoms with E-state index in [0.29, 0.717) is 0 Å². The quantitative estimate of drug-likeness (QED) is 0.796. The second kappa shape index (κ2) is 6.46. The van der Waals surface area contributed by atoms with Crippen molar-refractivity contribution in [1.29, 1.82) is 0 Å². The Kier molecular flexibility index (Phi) is 4.93. The average molecular weight is 249 g/mol. The molecular weight excluding hydrogens is 226 g/mol. The van der Waals surface area contributed by atoms with Crippen LogP contribution >= 0.6 is 12.6 Å². The van der Waals surface area contributed by atoms with Crippen LogP contribution in [0.3, 0.4) is 0 Å². The molecule has 0 aliphatic carbocycles. The molecule has 1 heterocycles. The molecule has 1 aromatic carbocycles. The minimum absolute atomic E-state index is 0.732. The van der Waals surface area contributed by atoms with Gasteiger partial charge in [-0.3, -0.25) is 0 Å². The predicted molar refractivity (Wildman–Crippen MR) is 77.8 cm³/mol. The van der Waals surface area contributed by atoms with Gasteiger partial charge < -0.3 is 4.90 Å². The second-order valence-corrected chi connectivity index (χ2v) is 5.36. The van der Waals surface area contributed by atoms with Crippen LogP contribution in [-0.4, -0.2) is 24.5 Å². The van der Waals surface area contributed by atoms with E-state index >= 15 is 0 Å². The van der Waals surface area contributed by atoms with Crippen LogP contribution < -0.4 is 0 Å². The summed E-state index contributed by atoms with van der Waals surface area (Å²) in [6.07, 6.45) is 3.95. The zero-order valence-electron chi connectivity index (χ0n) is 10.7. The lowest BCUT2D eigenvalue weighted by Crippen LogP contribution is -2.34. The lowest BCUT2D eigenvalue weighted by molar-refractivity contribution is 0.208. The number of thiol groups is 1. The van der Waals surface area contributed by atoms with Crippen molar-refractivity contribution >= 4 is 12.6 Å². The Bertz CT molecular complexity index is 349. The number of hydrogen-bond donors (Lipinski definition) is 1. The molecule has 94 valence electrons. The third kappa shape index (κ3) is 3.49. The zero-order valence-corrected chi connectivity index (χ0v) is 11.6. The maximum absolute atomic E-state index is 4.36. The number of piperidine rings is 1. The molecule has 1 saturated heterocycles. The van der Waals surface area contributed by atoms with E-state index in [1.165, 1.54) is 50.0 Å². The number of hydrogen-bond acceptors (Lipinski definition) is 2. The summed E-state index contributed by atoms with van der Waals surface area (Å²) in [5.74, 6) is 1.58. The molecule has 1 nitrogen and oxygen atoms in total. The van der Waals surface area contributed by atoms with Gasteiger partial charge in [0.2, 0.25) is 0 Å². The zero-order chi connectivity index (χ0) is 12.1. The molecule has 1 aliphatic heterocycles. The maximum atomic E-state index is 4.36. The number of benzene rings is 1. The molecule has 0 amide bonds. The Morgan fingerprint density at radius 2 is 2.29 bits per heavy atom. The van der Waals surface area contributed by atoms with Crippen molar-refractivity contribution in [3.05, 3.63) is 35.4 Å². The molecule has 0 saturated carbocycles. The lowest BCUT2D eigenvalue weighted by Gasteiger charge is -2.32. The second-order valence-electron chi connectivity index (χ2n) is 5.04. The summed E-state index contributed by atoms with van der Waals surface area (Å²) in [4.78, 5) is 2.61. The summed E-state index contributed by atoms with van der Waals surface area (Å²) >= 11 is 4.36. The Labute approximate surface area is 111 Å². The van der Waals surface area contributed by atoms with E-state index in [-0.39, 0.29) is 0 Å². The Morgan fingerprint density at radius 3 is 3.06 bits per heavy atom. The van der Waals surface area contributed by atoms with E-state index in [2.05, 4.69) is 48.7 Å². The minimum atomic E-state index is 0.732. The van der Waals surface area contributed by atoms with Crippen LogP contribution in [0.1, 0.15) is 43.2 Å². The monoisotopic (exact) mass is 249 g/mol. The van der Waals surface area contributed by atoms with Gasteiger partial charge >= 0.3 is 0 Å². The van der Waals surface area contributed by atoms with Crippen LogP contribution in [-0.2, 0) is 5.75 Å². The van der Waals surface area contributed by atoms with Gasteiger partial charge in [-0.15, -0.1) is 0 Å².